The van der Waals surface area contributed by atoms with Gasteiger partial charge >= 0.3 is 11.8 Å². The second kappa shape index (κ2) is 17.1. The van der Waals surface area contributed by atoms with Crippen LogP contribution in [-0.4, -0.2) is 79.9 Å². The average molecular weight is 912 g/mol. The highest BCUT2D eigenvalue weighted by Crippen LogP contribution is 2.41. The molecule has 2 aromatic rings. The Morgan fingerprint density at radius 2 is 1.79 bits per heavy atom. The van der Waals surface area contributed by atoms with E-state index in [1.54, 1.807) is 24.1 Å². The van der Waals surface area contributed by atoms with E-state index in [0.29, 0.717) is 59.4 Å². The molecule has 254 valence electrons. The minimum atomic E-state index is -1.62. The Morgan fingerprint density at radius 1 is 1.09 bits per heavy atom. The molecule has 2 aliphatic rings. The number of halogens is 5. The van der Waals surface area contributed by atoms with Gasteiger partial charge in [-0.1, -0.05) is 33.2 Å². The van der Waals surface area contributed by atoms with E-state index in [4.69, 9.17) is 19.0 Å². The van der Waals surface area contributed by atoms with Crippen molar-refractivity contribution in [1.29, 1.82) is 0 Å². The number of aliphatic hydroxyl groups excluding tert-OH is 1. The molecule has 3 amide bonds. The first-order valence-corrected chi connectivity index (χ1v) is 17.6. The number of hydrogen-bond acceptors (Lipinski definition) is 8. The summed E-state index contributed by atoms with van der Waals surface area (Å²) >= 11 is 13.9. The molecule has 16 heteroatoms. The highest BCUT2D eigenvalue weighted by molar-refractivity contribution is 9.12. The predicted octanol–water partition coefficient (Wildman–Crippen LogP) is 6.02. The number of carbonyl (C=O) groups is 2. The van der Waals surface area contributed by atoms with Crippen LogP contribution in [0.1, 0.15) is 24.0 Å². The fraction of sp³-hybridized carbons (Fsp3) is 0.387. The zero-order valence-corrected chi connectivity index (χ0v) is 31.8. The number of nitrogens with zero attached hydrogens (tertiary/aromatic N) is 2. The van der Waals surface area contributed by atoms with Crippen molar-refractivity contribution < 1.29 is 38.1 Å². The fourth-order valence-corrected chi connectivity index (χ4v) is 7.66. The molecule has 0 fully saturated rings. The van der Waals surface area contributed by atoms with Crippen LogP contribution >= 0.6 is 63.7 Å². The van der Waals surface area contributed by atoms with Gasteiger partial charge in [-0.25, -0.2) is 9.18 Å². The minimum Gasteiger partial charge on any atom is -0.495 e. The number of aliphatic hydroxyl groups is 1. The van der Waals surface area contributed by atoms with Crippen molar-refractivity contribution in [3.63, 3.8) is 0 Å². The molecular weight excluding hydrogens is 879 g/mol. The third-order valence-corrected chi connectivity index (χ3v) is 9.60. The SMILES string of the molecule is COC1=C(Br)C[C@@]2(OC=C1Br)ON=C(C(=O)NCCCOc1c(Br)cc(CCN(C)C(=O)NCCc3ccc(F)cc3)cc1Br)[C@H]2O. The third-order valence-electron chi connectivity index (χ3n) is 7.23. The smallest absolute Gasteiger partial charge is 0.317 e. The second-order valence-electron chi connectivity index (χ2n) is 10.6. The number of nitrogens with one attached hydrogen (secondary N) is 2. The highest BCUT2D eigenvalue weighted by atomic mass is 79.9. The summed E-state index contributed by atoms with van der Waals surface area (Å²) < 4.78 is 32.5. The Labute approximate surface area is 305 Å². The average Bonchev–Trinajstić information content (AvgIpc) is 3.28. The van der Waals surface area contributed by atoms with Gasteiger partial charge in [0.25, 0.3) is 5.91 Å². The molecule has 2 aromatic carbocycles. The molecule has 4 rings (SSSR count). The van der Waals surface area contributed by atoms with Gasteiger partial charge in [0.1, 0.15) is 23.6 Å². The molecule has 0 bridgehead atoms. The topological polar surface area (TPSA) is 131 Å². The number of allylic oxidation sites excluding steroid dienone is 1. The number of likely N-dealkylation sites (N-methyl/N-ethyl adjacent to an activating group) is 1. The van der Waals surface area contributed by atoms with Crippen molar-refractivity contribution in [2.24, 2.45) is 5.16 Å². The monoisotopic (exact) mass is 908 g/mol. The van der Waals surface area contributed by atoms with Crippen molar-refractivity contribution in [3.8, 4) is 5.75 Å². The van der Waals surface area contributed by atoms with Crippen LogP contribution in [-0.2, 0) is 31.9 Å². The van der Waals surface area contributed by atoms with Crippen molar-refractivity contribution in [3.05, 3.63) is 83.3 Å². The number of ether oxygens (including phenoxy) is 3. The van der Waals surface area contributed by atoms with Gasteiger partial charge in [0, 0.05) is 31.2 Å². The van der Waals surface area contributed by atoms with Gasteiger partial charge in [-0.15, -0.1) is 0 Å². The number of amides is 3. The molecule has 0 aliphatic carbocycles. The summed E-state index contributed by atoms with van der Waals surface area (Å²) in [6.45, 7) is 1.50. The van der Waals surface area contributed by atoms with Crippen LogP contribution in [0.4, 0.5) is 9.18 Å². The molecular formula is C31H33Br4FN4O7. The number of carbonyl (C=O) groups excluding carboxylic acids is 2. The molecule has 0 saturated carbocycles. The lowest BCUT2D eigenvalue weighted by Crippen LogP contribution is -2.49. The maximum absolute atomic E-state index is 13.1. The summed E-state index contributed by atoms with van der Waals surface area (Å²) in [5, 5.41) is 20.3. The van der Waals surface area contributed by atoms with Gasteiger partial charge in [0.15, 0.2) is 11.8 Å². The standard InChI is InChI=1S/C31H33Br4FN4O7/c1-40(30(43)38-11-8-18-4-6-20(36)7-5-18)12-9-19-14-21(32)27(22(33)15-19)45-13-3-10-37-29(42)25-28(41)31(47-39-25)16-23(34)26(44-2)24(35)17-46-31/h4-7,14-15,17,28,41H,3,8-13,16H2,1-2H3,(H,37,42)(H,38,43)/t28-,31-/m1/s1. The van der Waals surface area contributed by atoms with Gasteiger partial charge in [-0.05, 0) is 102 Å². The molecule has 3 N–H and O–H groups in total. The summed E-state index contributed by atoms with van der Waals surface area (Å²) in [6.07, 6.45) is 1.62. The van der Waals surface area contributed by atoms with E-state index < -0.39 is 17.8 Å². The first kappa shape index (κ1) is 37.2. The maximum Gasteiger partial charge on any atom is 0.317 e. The molecule has 0 aromatic heterocycles. The van der Waals surface area contributed by atoms with Gasteiger partial charge in [-0.2, -0.15) is 0 Å². The summed E-state index contributed by atoms with van der Waals surface area (Å²) in [5.74, 6) is -1.42. The lowest BCUT2D eigenvalue weighted by atomic mass is 10.0. The van der Waals surface area contributed by atoms with Gasteiger partial charge in [-0.3, -0.25) is 4.79 Å². The fourth-order valence-electron chi connectivity index (χ4n) is 4.63. The molecule has 0 unspecified atom stereocenters. The first-order valence-electron chi connectivity index (χ1n) is 14.5. The van der Waals surface area contributed by atoms with Crippen LogP contribution in [0.25, 0.3) is 0 Å². The number of benzene rings is 2. The molecule has 2 aliphatic heterocycles. The highest BCUT2D eigenvalue weighted by Gasteiger charge is 2.54. The summed E-state index contributed by atoms with van der Waals surface area (Å²) in [4.78, 5) is 32.3. The largest absolute Gasteiger partial charge is 0.495 e. The third kappa shape index (κ3) is 9.71. The summed E-state index contributed by atoms with van der Waals surface area (Å²) in [7, 11) is 3.22. The van der Waals surface area contributed by atoms with E-state index in [9.17, 15) is 19.1 Å². The van der Waals surface area contributed by atoms with Crippen LogP contribution in [0.15, 0.2) is 71.5 Å². The zero-order chi connectivity index (χ0) is 34.1. The Balaban J connectivity index is 1.18. The van der Waals surface area contributed by atoms with Crippen LogP contribution < -0.4 is 15.4 Å². The normalized spacial score (nSPS) is 18.9. The Kier molecular flexibility index (Phi) is 13.5. The molecule has 11 nitrogen and oxygen atoms in total. The van der Waals surface area contributed by atoms with E-state index in [1.807, 2.05) is 12.1 Å². The van der Waals surface area contributed by atoms with E-state index in [1.165, 1.54) is 25.5 Å². The van der Waals surface area contributed by atoms with Crippen molar-refractivity contribution in [2.45, 2.75) is 37.6 Å². The summed E-state index contributed by atoms with van der Waals surface area (Å²) in [5.41, 5.74) is 1.74. The molecule has 2 heterocycles. The predicted molar refractivity (Wildman–Crippen MR) is 188 cm³/mol. The molecule has 47 heavy (non-hydrogen) atoms. The first-order chi connectivity index (χ1) is 22.4. The van der Waals surface area contributed by atoms with Gasteiger partial charge in [0.05, 0.1) is 33.6 Å². The van der Waals surface area contributed by atoms with Crippen molar-refractivity contribution in [1.82, 2.24) is 15.5 Å². The van der Waals surface area contributed by atoms with E-state index >= 15 is 0 Å². The summed E-state index contributed by atoms with van der Waals surface area (Å²) in [6, 6.07) is 9.90. The lowest BCUT2D eigenvalue weighted by molar-refractivity contribution is -0.225. The minimum absolute atomic E-state index is 0.0473. The Morgan fingerprint density at radius 3 is 2.47 bits per heavy atom. The second-order valence-corrected chi connectivity index (χ2v) is 14.1. The Hall–Kier alpha value is -2.66. The van der Waals surface area contributed by atoms with E-state index in [2.05, 4.69) is 79.5 Å². The van der Waals surface area contributed by atoms with Crippen LogP contribution in [0, 0.1) is 5.82 Å². The molecule has 0 radical (unpaired) electrons. The van der Waals surface area contributed by atoms with Crippen LogP contribution in [0.5, 0.6) is 5.75 Å². The zero-order valence-electron chi connectivity index (χ0n) is 25.5. The van der Waals surface area contributed by atoms with Crippen molar-refractivity contribution >= 4 is 81.4 Å². The quantitative estimate of drug-likeness (QED) is 0.210. The van der Waals surface area contributed by atoms with Crippen LogP contribution in [0.2, 0.25) is 0 Å². The lowest BCUT2D eigenvalue weighted by Gasteiger charge is -2.27. The van der Waals surface area contributed by atoms with Gasteiger partial charge in [0.2, 0.25) is 0 Å². The van der Waals surface area contributed by atoms with Crippen molar-refractivity contribution in [2.75, 3.05) is 40.4 Å². The number of urea groups is 1. The molecule has 2 atom stereocenters. The van der Waals surface area contributed by atoms with Gasteiger partial charge < -0.3 is 39.7 Å². The maximum atomic E-state index is 13.1. The van der Waals surface area contributed by atoms with Crippen LogP contribution in [0.3, 0.4) is 0 Å². The molecule has 0 saturated heterocycles. The number of oxime groups is 1. The number of hydrogen-bond donors (Lipinski definition) is 3. The van der Waals surface area contributed by atoms with E-state index in [0.717, 1.165) is 20.1 Å². The van der Waals surface area contributed by atoms with E-state index in [-0.39, 0.29) is 30.5 Å². The number of methoxy groups -OCH3 is 1. The Bertz CT molecular complexity index is 1530. The number of rotatable bonds is 13. The molecule has 1 spiro atoms.